The van der Waals surface area contributed by atoms with Crippen molar-refractivity contribution in [2.24, 2.45) is 0 Å². The van der Waals surface area contributed by atoms with E-state index in [-0.39, 0.29) is 5.91 Å². The lowest BCUT2D eigenvalue weighted by Crippen LogP contribution is -2.49. The highest BCUT2D eigenvalue weighted by molar-refractivity contribution is 6.07. The maximum atomic E-state index is 13.7. The second-order valence-electron chi connectivity index (χ2n) is 10.7. The highest BCUT2D eigenvalue weighted by Gasteiger charge is 2.47. The largest absolute Gasteiger partial charge is 0.375 e. The van der Waals surface area contributed by atoms with Crippen molar-refractivity contribution in [1.29, 1.82) is 5.26 Å². The molecule has 0 unspecified atom stereocenters. The monoisotopic (exact) mass is 569 g/mol. The topological polar surface area (TPSA) is 113 Å². The van der Waals surface area contributed by atoms with Gasteiger partial charge < -0.3 is 20.0 Å². The number of nitriles is 1. The summed E-state index contributed by atoms with van der Waals surface area (Å²) in [5, 5.41) is 12.3. The van der Waals surface area contributed by atoms with E-state index in [2.05, 4.69) is 20.1 Å². The second-order valence-corrected chi connectivity index (χ2v) is 10.7. The molecule has 1 N–H and O–H groups in total. The zero-order valence-electron chi connectivity index (χ0n) is 23.6. The van der Waals surface area contributed by atoms with Gasteiger partial charge in [-0.25, -0.2) is 8.78 Å². The Morgan fingerprint density at radius 1 is 1.17 bits per heavy atom. The van der Waals surface area contributed by atoms with Crippen LogP contribution in [0.1, 0.15) is 43.0 Å². The summed E-state index contributed by atoms with van der Waals surface area (Å²) in [6, 6.07) is 7.73. The number of fused-ring (bicyclic) bond motifs is 1. The first kappa shape index (κ1) is 30.1. The minimum Gasteiger partial charge on any atom is -0.375 e. The number of carbonyl (C=O) groups is 3. The summed E-state index contributed by atoms with van der Waals surface area (Å²) in [7, 11) is 1.98. The molecule has 12 heteroatoms. The van der Waals surface area contributed by atoms with E-state index < -0.39 is 43.3 Å². The number of alkyl halides is 2. The van der Waals surface area contributed by atoms with E-state index >= 15 is 0 Å². The second kappa shape index (κ2) is 13.2. The number of nitrogens with zero attached hydrogens (tertiary/aromatic N) is 6. The molecule has 4 rings (SSSR count). The third kappa shape index (κ3) is 7.47. The summed E-state index contributed by atoms with van der Waals surface area (Å²) in [6.07, 6.45) is 3.21. The number of hydrogen-bond acceptors (Lipinski definition) is 7. The summed E-state index contributed by atoms with van der Waals surface area (Å²) in [5.41, 5.74) is 1.83. The van der Waals surface area contributed by atoms with Crippen LogP contribution in [-0.4, -0.2) is 109 Å². The number of rotatable bonds is 10. The number of likely N-dealkylation sites (tertiary alicyclic amines) is 1. The Morgan fingerprint density at radius 2 is 1.93 bits per heavy atom. The summed E-state index contributed by atoms with van der Waals surface area (Å²) in [6.45, 7) is 5.70. The molecule has 2 fully saturated rings. The molecule has 0 spiro atoms. The van der Waals surface area contributed by atoms with Gasteiger partial charge in [-0.1, -0.05) is 6.92 Å². The highest BCUT2D eigenvalue weighted by Crippen LogP contribution is 2.31. The van der Waals surface area contributed by atoms with Gasteiger partial charge in [0.1, 0.15) is 6.04 Å². The lowest BCUT2D eigenvalue weighted by Gasteiger charge is -2.35. The average Bonchev–Trinajstić information content (AvgIpc) is 3.30. The molecule has 41 heavy (non-hydrogen) atoms. The molecule has 0 radical (unpaired) electrons. The first-order chi connectivity index (χ1) is 19.6. The Bertz CT molecular complexity index is 1310. The number of halogens is 2. The smallest absolute Gasteiger partial charge is 0.268 e. The van der Waals surface area contributed by atoms with Gasteiger partial charge in [0.15, 0.2) is 0 Å². The average molecular weight is 570 g/mol. The molecule has 0 bridgehead atoms. The normalized spacial score (nSPS) is 18.8. The van der Waals surface area contributed by atoms with Crippen molar-refractivity contribution in [3.8, 4) is 6.07 Å². The molecule has 1 aromatic heterocycles. The molecular formula is C29H37F2N7O3. The van der Waals surface area contributed by atoms with Crippen LogP contribution in [0.5, 0.6) is 0 Å². The van der Waals surface area contributed by atoms with Crippen molar-refractivity contribution in [3.05, 3.63) is 36.0 Å². The van der Waals surface area contributed by atoms with Crippen LogP contribution in [0.25, 0.3) is 10.9 Å². The number of piperazine rings is 1. The zero-order chi connectivity index (χ0) is 29.6. The van der Waals surface area contributed by atoms with Crippen molar-refractivity contribution >= 4 is 34.3 Å². The minimum absolute atomic E-state index is 0.237. The number of amides is 3. The fourth-order valence-corrected chi connectivity index (χ4v) is 5.37. The van der Waals surface area contributed by atoms with Gasteiger partial charge in [-0.3, -0.25) is 24.3 Å². The molecule has 3 amide bonds. The maximum absolute atomic E-state index is 13.7. The van der Waals surface area contributed by atoms with Gasteiger partial charge in [0.05, 0.1) is 30.2 Å². The highest BCUT2D eigenvalue weighted by atomic mass is 19.3. The van der Waals surface area contributed by atoms with Gasteiger partial charge in [-0.05, 0) is 43.7 Å². The number of pyridine rings is 1. The Hall–Kier alpha value is -3.85. The van der Waals surface area contributed by atoms with E-state index in [0.717, 1.165) is 62.7 Å². The molecule has 0 saturated carbocycles. The third-order valence-corrected chi connectivity index (χ3v) is 7.71. The van der Waals surface area contributed by atoms with Crippen molar-refractivity contribution < 1.29 is 23.2 Å². The van der Waals surface area contributed by atoms with Gasteiger partial charge in [0.2, 0.25) is 11.8 Å². The van der Waals surface area contributed by atoms with E-state index in [1.165, 1.54) is 6.20 Å². The minimum atomic E-state index is -3.12. The first-order valence-electron chi connectivity index (χ1n) is 14.1. The zero-order valence-corrected chi connectivity index (χ0v) is 23.6. The molecule has 3 heterocycles. The Labute approximate surface area is 238 Å². The molecule has 2 saturated heterocycles. The molecule has 2 aliphatic heterocycles. The van der Waals surface area contributed by atoms with Gasteiger partial charge >= 0.3 is 0 Å². The number of benzene rings is 1. The number of anilines is 1. The van der Waals surface area contributed by atoms with E-state index in [0.29, 0.717) is 22.9 Å². The van der Waals surface area contributed by atoms with Crippen LogP contribution in [0, 0.1) is 11.3 Å². The SMILES string of the molecule is CCCC(=O)N1CCN(CCCN(C)c2ccc3nccc(C(=O)NCC(=O)N4CC(F)(F)C[C@H]4C#N)c3c2)CC1. The molecular weight excluding hydrogens is 532 g/mol. The lowest BCUT2D eigenvalue weighted by atomic mass is 10.1. The fraction of sp³-hybridized carbons (Fsp3) is 0.552. The Balaban J connectivity index is 1.32. The standard InChI is InChI=1S/C29H37F2N7O3/c1-3-5-26(39)37-14-12-36(13-15-37)11-4-10-35(2)21-6-7-25-24(16-21)23(8-9-33-25)28(41)34-19-27(40)38-20-29(30,31)17-22(38)18-32/h6-9,16,22H,3-5,10-15,17,19-20H2,1-2H3,(H,34,41)/t22-/m0/s1. The molecule has 0 aliphatic carbocycles. The van der Waals surface area contributed by atoms with Crippen LogP contribution in [0.3, 0.4) is 0 Å². The van der Waals surface area contributed by atoms with Crippen molar-refractivity contribution in [2.45, 2.75) is 44.6 Å². The van der Waals surface area contributed by atoms with E-state index in [1.54, 1.807) is 12.1 Å². The summed E-state index contributed by atoms with van der Waals surface area (Å²) in [4.78, 5) is 49.2. The summed E-state index contributed by atoms with van der Waals surface area (Å²) >= 11 is 0. The van der Waals surface area contributed by atoms with Gasteiger partial charge in [0, 0.05) is 69.9 Å². The molecule has 1 aromatic carbocycles. The number of nitrogens with one attached hydrogen (secondary N) is 1. The van der Waals surface area contributed by atoms with Gasteiger partial charge in [-0.2, -0.15) is 5.26 Å². The molecule has 10 nitrogen and oxygen atoms in total. The van der Waals surface area contributed by atoms with Crippen molar-refractivity contribution in [2.75, 3.05) is 64.3 Å². The molecule has 2 aliphatic rings. The fourth-order valence-electron chi connectivity index (χ4n) is 5.37. The predicted octanol–water partition coefficient (Wildman–Crippen LogP) is 2.49. The summed E-state index contributed by atoms with van der Waals surface area (Å²) < 4.78 is 27.4. The van der Waals surface area contributed by atoms with Crippen LogP contribution >= 0.6 is 0 Å². The maximum Gasteiger partial charge on any atom is 0.268 e. The van der Waals surface area contributed by atoms with Crippen LogP contribution in [-0.2, 0) is 9.59 Å². The molecule has 1 atom stereocenters. The quantitative estimate of drug-likeness (QED) is 0.468. The molecule has 2 aromatic rings. The molecule has 220 valence electrons. The summed E-state index contributed by atoms with van der Waals surface area (Å²) in [5.74, 6) is -4.13. The Kier molecular flexibility index (Phi) is 9.70. The van der Waals surface area contributed by atoms with Crippen LogP contribution < -0.4 is 10.2 Å². The number of aromatic nitrogens is 1. The van der Waals surface area contributed by atoms with Crippen LogP contribution in [0.4, 0.5) is 14.5 Å². The predicted molar refractivity (Wildman–Crippen MR) is 151 cm³/mol. The van der Waals surface area contributed by atoms with Gasteiger partial charge in [0.25, 0.3) is 11.8 Å². The van der Waals surface area contributed by atoms with E-state index in [9.17, 15) is 23.2 Å². The first-order valence-corrected chi connectivity index (χ1v) is 14.1. The van der Waals surface area contributed by atoms with Crippen LogP contribution in [0.2, 0.25) is 0 Å². The lowest BCUT2D eigenvalue weighted by molar-refractivity contribution is -0.133. The van der Waals surface area contributed by atoms with E-state index in [4.69, 9.17) is 5.26 Å². The number of carbonyl (C=O) groups excluding carboxylic acids is 3. The van der Waals surface area contributed by atoms with E-state index in [1.807, 2.05) is 37.1 Å². The third-order valence-electron chi connectivity index (χ3n) is 7.71. The Morgan fingerprint density at radius 3 is 2.63 bits per heavy atom. The van der Waals surface area contributed by atoms with Gasteiger partial charge in [-0.15, -0.1) is 0 Å². The number of hydrogen-bond donors (Lipinski definition) is 1. The van der Waals surface area contributed by atoms with Crippen LogP contribution in [0.15, 0.2) is 30.5 Å². The van der Waals surface area contributed by atoms with Crippen molar-refractivity contribution in [3.63, 3.8) is 0 Å². The van der Waals surface area contributed by atoms with Crippen molar-refractivity contribution in [1.82, 2.24) is 25.0 Å².